The number of aromatic amines is 1. The molecule has 42 heteroatoms. The smallest absolute Gasteiger partial charge is 0.317 e. The number of aliphatic carboxylic acids is 3. The fourth-order valence-electron chi connectivity index (χ4n) is 14.3. The van der Waals surface area contributed by atoms with Crippen molar-refractivity contribution in [1.82, 2.24) is 88.8 Å². The summed E-state index contributed by atoms with van der Waals surface area (Å²) < 4.78 is 0. The van der Waals surface area contributed by atoms with Gasteiger partial charge in [-0.2, -0.15) is 0 Å². The van der Waals surface area contributed by atoms with Crippen LogP contribution in [-0.4, -0.2) is 284 Å². The molecule has 648 valence electrons. The largest absolute Gasteiger partial charge is 0.481 e. The average Bonchev–Trinajstić information content (AvgIpc) is 1.66. The Balaban J connectivity index is 1.19. The number of aromatic nitrogens is 1. The molecular weight excluding hydrogens is 1550 g/mol. The molecule has 5 heterocycles. The van der Waals surface area contributed by atoms with Crippen molar-refractivity contribution < 1.29 is 97.1 Å². The Hall–Kier alpha value is -12.6. The van der Waals surface area contributed by atoms with Crippen LogP contribution in [0.15, 0.2) is 77.6 Å². The molecule has 0 saturated carbocycles. The lowest BCUT2D eigenvalue weighted by atomic mass is 10.0. The maximum atomic E-state index is 15.6. The first-order valence-electron chi connectivity index (χ1n) is 39.6. The zero-order valence-electron chi connectivity index (χ0n) is 66.4. The standard InChI is InChI=1S/C77H110N22O20/c1-43(42-100)87-65(109)50(20-8-9-32-97(40-63(105)106)41-64(107)108)89-68(112)53(25-26-62(103)104)91-66(110)52(22-12-30-85-77(80)81)92-73(117)59-23-13-33-98(59)75(119)60-24-14-34-99(60)74(118)58-38-61(102)83-31-27-54(88-44(2)101)69(113)95-57(37-47-17-10-28-82-47)72(116)93-55(35-45-15-4-3-5-16-45)70(114)90-51(21-11-29-84-76(78)79)67(111)94-56(71(115)96-58)36-46-39-86-49-19-7-6-18-48(46)49/h3-7,15-19,28,39,43,50-60,86,100H,8-14,20-27,29-38,40-42H2,1-2H3,(H,83,102)(H,87,109)(H,88,101)(H,89,112)(H,90,114)(H,91,110)(H,92,117)(H,93,116)(H,94,111)(H,95,113)(H,96,115)(H,103,104)(H,105,106)(H,107,108)(H4,78,79,84)(H4,80,81,85)/t43-,50+,51+,52+,53+,54+,55-,56+,57+,58+,59+,60+/m1/s1. The zero-order chi connectivity index (χ0) is 86.8. The summed E-state index contributed by atoms with van der Waals surface area (Å²) in [5, 5.41) is 88.7. The predicted molar refractivity (Wildman–Crippen MR) is 428 cm³/mol. The third-order valence-electron chi connectivity index (χ3n) is 20.3. The summed E-state index contributed by atoms with van der Waals surface area (Å²) in [4.78, 5) is 237. The van der Waals surface area contributed by atoms with E-state index in [0.717, 1.165) is 16.7 Å². The van der Waals surface area contributed by atoms with E-state index in [9.17, 15) is 73.2 Å². The van der Waals surface area contributed by atoms with Crippen LogP contribution in [0, 0.1) is 10.8 Å². The molecule has 1 aromatic heterocycles. The number of nitrogens with two attached hydrogens (primary N) is 2. The van der Waals surface area contributed by atoms with E-state index in [1.807, 2.05) is 0 Å². The zero-order valence-corrected chi connectivity index (χ0v) is 66.4. The van der Waals surface area contributed by atoms with Crippen LogP contribution in [0.3, 0.4) is 0 Å². The summed E-state index contributed by atoms with van der Waals surface area (Å²) >= 11 is 0. The summed E-state index contributed by atoms with van der Waals surface area (Å²) in [6.07, 6.45) is 2.31. The topological polar surface area (TPSA) is 648 Å². The predicted octanol–water partition coefficient (Wildman–Crippen LogP) is -4.49. The van der Waals surface area contributed by atoms with Crippen molar-refractivity contribution >= 4 is 124 Å². The van der Waals surface area contributed by atoms with Crippen molar-refractivity contribution in [2.24, 2.45) is 16.5 Å². The number of carboxylic acids is 3. The van der Waals surface area contributed by atoms with Crippen molar-refractivity contribution in [3.63, 3.8) is 0 Å². The van der Waals surface area contributed by atoms with Crippen LogP contribution in [0.4, 0.5) is 0 Å². The van der Waals surface area contributed by atoms with Gasteiger partial charge in [-0.3, -0.25) is 97.4 Å². The van der Waals surface area contributed by atoms with Crippen LogP contribution in [-0.2, 0) is 89.6 Å². The van der Waals surface area contributed by atoms with E-state index in [0.29, 0.717) is 34.1 Å². The number of H-pyrrole nitrogens is 1. The quantitative estimate of drug-likeness (QED) is 0.0146. The minimum absolute atomic E-state index is 0.00150. The Morgan fingerprint density at radius 1 is 0.613 bits per heavy atom. The molecule has 0 spiro atoms. The molecule has 42 nitrogen and oxygen atoms in total. The van der Waals surface area contributed by atoms with E-state index >= 15 is 24.0 Å². The molecule has 3 saturated heterocycles. The molecule has 12 atom stereocenters. The molecule has 0 radical (unpaired) electrons. The number of likely N-dealkylation sites (tertiary alicyclic amines) is 2. The Morgan fingerprint density at radius 2 is 1.17 bits per heavy atom. The number of carboxylic acid groups (broad SMARTS) is 3. The van der Waals surface area contributed by atoms with Crippen molar-refractivity contribution in [1.29, 1.82) is 10.8 Å². The molecule has 24 N–H and O–H groups in total. The van der Waals surface area contributed by atoms with Crippen LogP contribution in [0.5, 0.6) is 0 Å². The van der Waals surface area contributed by atoms with Crippen molar-refractivity contribution in [2.75, 3.05) is 59.0 Å². The number of aliphatic imine (C=N–C) groups is 1. The van der Waals surface area contributed by atoms with E-state index in [1.165, 1.54) is 11.8 Å². The van der Waals surface area contributed by atoms with Crippen LogP contribution >= 0.6 is 0 Å². The van der Waals surface area contributed by atoms with Crippen LogP contribution in [0.1, 0.15) is 134 Å². The highest BCUT2D eigenvalue weighted by Gasteiger charge is 2.46. The van der Waals surface area contributed by atoms with Crippen LogP contribution < -0.4 is 80.6 Å². The summed E-state index contributed by atoms with van der Waals surface area (Å²) in [6.45, 7) is 0.184. The number of hydrogen-bond acceptors (Lipinski definition) is 21. The lowest BCUT2D eigenvalue weighted by Crippen LogP contribution is -2.61. The highest BCUT2D eigenvalue weighted by Crippen LogP contribution is 2.28. The first kappa shape index (κ1) is 93.5. The first-order chi connectivity index (χ1) is 56.8. The van der Waals surface area contributed by atoms with E-state index in [2.05, 4.69) is 79.1 Å². The molecule has 3 aromatic rings. The Bertz CT molecular complexity index is 4200. The molecule has 4 aliphatic rings. The molecule has 13 amide bonds. The van der Waals surface area contributed by atoms with Gasteiger partial charge in [-0.15, -0.1) is 0 Å². The third-order valence-corrected chi connectivity index (χ3v) is 20.3. The fourth-order valence-corrected chi connectivity index (χ4v) is 14.3. The Morgan fingerprint density at radius 3 is 1.79 bits per heavy atom. The number of nitrogens with zero attached hydrogens (tertiary/aromatic N) is 4. The maximum absolute atomic E-state index is 15.6. The van der Waals surface area contributed by atoms with Gasteiger partial charge in [-0.05, 0) is 114 Å². The highest BCUT2D eigenvalue weighted by atomic mass is 16.4. The number of para-hydroxylation sites is 1. The minimum Gasteiger partial charge on any atom is -0.481 e. The van der Waals surface area contributed by atoms with Gasteiger partial charge in [-0.1, -0.05) is 54.6 Å². The van der Waals surface area contributed by atoms with Crippen LogP contribution in [0.2, 0.25) is 0 Å². The number of aliphatic hydroxyl groups excluding tert-OH is 1. The number of guanidine groups is 2. The number of unbranched alkanes of at least 4 members (excludes halogenated alkanes) is 1. The Kier molecular flexibility index (Phi) is 36.9. The Labute approximate surface area is 685 Å². The van der Waals surface area contributed by atoms with E-state index in [1.54, 1.807) is 73.1 Å². The second kappa shape index (κ2) is 46.9. The van der Waals surface area contributed by atoms with Gasteiger partial charge < -0.3 is 116 Å². The fraction of sp³-hybridized carbons (Fsp3) is 0.545. The molecule has 3 fully saturated rings. The number of hydrogen-bond donors (Lipinski definition) is 22. The van der Waals surface area contributed by atoms with Crippen molar-refractivity contribution in [2.45, 2.75) is 208 Å². The molecule has 119 heavy (non-hydrogen) atoms. The number of amides is 13. The van der Waals surface area contributed by atoms with Gasteiger partial charge in [-0.25, -0.2) is 0 Å². The molecule has 2 aromatic carbocycles. The number of allylic oxidation sites excluding steroid dienone is 1. The summed E-state index contributed by atoms with van der Waals surface area (Å²) in [5.74, 6) is -16.6. The number of rotatable bonds is 38. The molecule has 0 aliphatic carbocycles. The van der Waals surface area contributed by atoms with Crippen molar-refractivity contribution in [3.05, 3.63) is 83.7 Å². The summed E-state index contributed by atoms with van der Waals surface area (Å²) in [5.41, 5.74) is 13.3. The van der Waals surface area contributed by atoms with Gasteiger partial charge >= 0.3 is 17.9 Å². The molecular formula is C77H110N22O20. The number of benzene rings is 2. The van der Waals surface area contributed by atoms with Gasteiger partial charge in [0.15, 0.2) is 11.9 Å². The second-order valence-electron chi connectivity index (χ2n) is 29.6. The van der Waals surface area contributed by atoms with E-state index in [-0.39, 0.29) is 136 Å². The lowest BCUT2D eigenvalue weighted by Gasteiger charge is -2.33. The third kappa shape index (κ3) is 30.4. The normalized spacial score (nSPS) is 21.2. The number of aliphatic hydroxyl groups is 1. The van der Waals surface area contributed by atoms with Gasteiger partial charge in [0.1, 0.15) is 66.5 Å². The lowest BCUT2D eigenvalue weighted by molar-refractivity contribution is -0.148. The van der Waals surface area contributed by atoms with Crippen LogP contribution in [0.25, 0.3) is 10.9 Å². The number of carbonyl (C=O) groups is 16. The number of nitrogens with one attached hydrogen (secondary N) is 16. The van der Waals surface area contributed by atoms with Crippen molar-refractivity contribution in [3.8, 4) is 0 Å². The highest BCUT2D eigenvalue weighted by molar-refractivity contribution is 6.01. The maximum Gasteiger partial charge on any atom is 0.317 e. The molecule has 0 bridgehead atoms. The molecule has 4 aliphatic heterocycles. The van der Waals surface area contributed by atoms with Gasteiger partial charge in [0.25, 0.3) is 0 Å². The summed E-state index contributed by atoms with van der Waals surface area (Å²) in [7, 11) is 0. The summed E-state index contributed by atoms with van der Waals surface area (Å²) in [6, 6.07) is -2.06. The number of carbonyl (C=O) groups excluding carboxylic acids is 13. The van der Waals surface area contributed by atoms with Gasteiger partial charge in [0, 0.05) is 107 Å². The number of fused-ring (bicyclic) bond motifs is 1. The minimum atomic E-state index is -1.87. The average molecular weight is 1660 g/mol. The van der Waals surface area contributed by atoms with E-state index < -0.39 is 218 Å². The van der Waals surface area contributed by atoms with E-state index in [4.69, 9.17) is 22.3 Å². The SMILES string of the molecule is CC(=O)N[C@H]1CCNC(=O)C[C@@H](C(=O)N2CCC[C@H]2C(=O)N2CCC[C@H]2C(=O)N[C@@H](CCCNC(=N)N)C(=O)N[C@@H](CCC(=O)O)C(=O)N[C@@H](CCCCN(CC(=O)O)CC(=O)O)C(=O)N[C@H](C)CO)NC(=O)[C@H](Cc2c[nH]c3ccccc23)NC(=O)[C@H](CCCNC(=N)N)NC(=O)[C@@H](Cc2ccccc2)NC(=O)[C@H](CC2=CCC=N2)NC1=O. The van der Waals surface area contributed by atoms with Gasteiger partial charge in [0.2, 0.25) is 76.8 Å². The first-order valence-corrected chi connectivity index (χ1v) is 39.6. The second-order valence-corrected chi connectivity index (χ2v) is 29.6. The molecule has 0 unspecified atom stereocenters. The molecule has 7 rings (SSSR count). The van der Waals surface area contributed by atoms with Gasteiger partial charge in [0.05, 0.1) is 26.1 Å². The monoisotopic (exact) mass is 1660 g/mol.